The number of nitriles is 1. The van der Waals surface area contributed by atoms with E-state index in [9.17, 15) is 0 Å². The number of rotatable bonds is 12. The van der Waals surface area contributed by atoms with Gasteiger partial charge < -0.3 is 4.85 Å². The standard InChI is InChI=1S/C19H30N2/c1-21-19(15-16-19)12-10-8-6-4-2-3-5-7-9-11-18(17-20)13-14-18/h2-16H2. The van der Waals surface area contributed by atoms with Crippen LogP contribution in [-0.4, -0.2) is 5.54 Å². The molecule has 0 amide bonds. The van der Waals surface area contributed by atoms with Crippen molar-refractivity contribution >= 4 is 0 Å². The van der Waals surface area contributed by atoms with Crippen LogP contribution < -0.4 is 0 Å². The molecule has 0 unspecified atom stereocenters. The number of hydrogen-bond acceptors (Lipinski definition) is 1. The van der Waals surface area contributed by atoms with Gasteiger partial charge in [0.2, 0.25) is 5.54 Å². The van der Waals surface area contributed by atoms with Crippen LogP contribution in [0.25, 0.3) is 4.85 Å². The third kappa shape index (κ3) is 5.70. The van der Waals surface area contributed by atoms with Crippen molar-refractivity contribution in [2.75, 3.05) is 0 Å². The van der Waals surface area contributed by atoms with E-state index in [1.807, 2.05) is 0 Å². The van der Waals surface area contributed by atoms with Gasteiger partial charge in [-0.2, -0.15) is 5.26 Å². The monoisotopic (exact) mass is 286 g/mol. The Morgan fingerprint density at radius 1 is 0.762 bits per heavy atom. The van der Waals surface area contributed by atoms with E-state index in [1.165, 1.54) is 57.8 Å². The topological polar surface area (TPSA) is 28.1 Å². The van der Waals surface area contributed by atoms with E-state index in [0.29, 0.717) is 0 Å². The Morgan fingerprint density at radius 3 is 1.62 bits per heavy atom. The van der Waals surface area contributed by atoms with Gasteiger partial charge >= 0.3 is 0 Å². The Kier molecular flexibility index (Phi) is 6.10. The molecule has 0 aromatic rings. The quantitative estimate of drug-likeness (QED) is 0.318. The Balaban J connectivity index is 1.30. The van der Waals surface area contributed by atoms with Gasteiger partial charge in [0.05, 0.1) is 11.5 Å². The lowest BCUT2D eigenvalue weighted by Gasteiger charge is -2.05. The fourth-order valence-corrected chi connectivity index (χ4v) is 3.29. The minimum Gasteiger partial charge on any atom is -0.310 e. The molecule has 0 radical (unpaired) electrons. The zero-order valence-electron chi connectivity index (χ0n) is 13.5. The van der Waals surface area contributed by atoms with E-state index < -0.39 is 0 Å². The highest BCUT2D eigenvalue weighted by atomic mass is 14.9. The SMILES string of the molecule is [C-]#[N+]C1(CCCCCCCCCCCC2(C#N)CC2)CC1. The number of nitrogens with zero attached hydrogens (tertiary/aromatic N) is 2. The van der Waals surface area contributed by atoms with Crippen molar-refractivity contribution in [3.63, 3.8) is 0 Å². The summed E-state index contributed by atoms with van der Waals surface area (Å²) in [6.45, 7) is 7.16. The molecule has 0 spiro atoms. The zero-order valence-corrected chi connectivity index (χ0v) is 13.5. The highest BCUT2D eigenvalue weighted by Gasteiger charge is 2.49. The molecular formula is C19H30N2. The van der Waals surface area contributed by atoms with E-state index in [0.717, 1.165) is 38.5 Å². The van der Waals surface area contributed by atoms with E-state index in [4.69, 9.17) is 11.8 Å². The van der Waals surface area contributed by atoms with Crippen LogP contribution in [0.4, 0.5) is 0 Å². The van der Waals surface area contributed by atoms with Crippen LogP contribution in [0, 0.1) is 23.3 Å². The van der Waals surface area contributed by atoms with Crippen LogP contribution in [-0.2, 0) is 0 Å². The normalized spacial score (nSPS) is 20.5. The van der Waals surface area contributed by atoms with Gasteiger partial charge in [0.1, 0.15) is 0 Å². The molecule has 0 bridgehead atoms. The summed E-state index contributed by atoms with van der Waals surface area (Å²) in [5.41, 5.74) is 0.215. The number of unbranched alkanes of at least 4 members (excludes halogenated alkanes) is 8. The Hall–Kier alpha value is -1.02. The third-order valence-corrected chi connectivity index (χ3v) is 5.45. The van der Waals surface area contributed by atoms with Gasteiger partial charge in [0, 0.05) is 19.3 Å². The first-order chi connectivity index (χ1) is 10.2. The Labute approximate surface area is 130 Å². The second-order valence-corrected chi connectivity index (χ2v) is 7.41. The number of hydrogen-bond donors (Lipinski definition) is 0. The summed E-state index contributed by atoms with van der Waals surface area (Å²) in [5.74, 6) is 0. The zero-order chi connectivity index (χ0) is 15.0. The fraction of sp³-hybridized carbons (Fsp3) is 0.895. The molecule has 0 atom stereocenters. The molecule has 2 saturated carbocycles. The predicted molar refractivity (Wildman–Crippen MR) is 86.6 cm³/mol. The maximum atomic E-state index is 9.00. The summed E-state index contributed by atoms with van der Waals surface area (Å²) in [6.07, 6.45) is 18.9. The van der Waals surface area contributed by atoms with E-state index in [-0.39, 0.29) is 11.0 Å². The summed E-state index contributed by atoms with van der Waals surface area (Å²) < 4.78 is 0. The summed E-state index contributed by atoms with van der Waals surface area (Å²) in [5, 5.41) is 9.00. The van der Waals surface area contributed by atoms with Crippen LogP contribution in [0.5, 0.6) is 0 Å². The van der Waals surface area contributed by atoms with Crippen molar-refractivity contribution in [2.45, 2.75) is 102 Å². The van der Waals surface area contributed by atoms with Crippen LogP contribution in [0.1, 0.15) is 96.3 Å². The minimum absolute atomic E-state index is 0.0995. The lowest BCUT2D eigenvalue weighted by molar-refractivity contribution is 0.504. The summed E-state index contributed by atoms with van der Waals surface area (Å²) >= 11 is 0. The molecule has 2 aliphatic rings. The molecule has 0 saturated heterocycles. The fourth-order valence-electron chi connectivity index (χ4n) is 3.29. The molecule has 0 heterocycles. The van der Waals surface area contributed by atoms with Gasteiger partial charge in [-0.25, -0.2) is 6.57 Å². The molecule has 116 valence electrons. The van der Waals surface area contributed by atoms with Crippen LogP contribution in [0.2, 0.25) is 0 Å². The molecule has 2 fully saturated rings. The Bertz CT molecular complexity index is 353. The molecular weight excluding hydrogens is 256 g/mol. The maximum absolute atomic E-state index is 9.00. The predicted octanol–water partition coefficient (Wildman–Crippen LogP) is 6.03. The highest BCUT2D eigenvalue weighted by Crippen LogP contribution is 2.49. The van der Waals surface area contributed by atoms with Crippen molar-refractivity contribution in [3.8, 4) is 6.07 Å². The molecule has 0 aliphatic heterocycles. The van der Waals surface area contributed by atoms with E-state index >= 15 is 0 Å². The summed E-state index contributed by atoms with van der Waals surface area (Å²) in [4.78, 5) is 3.76. The van der Waals surface area contributed by atoms with Crippen LogP contribution in [0.3, 0.4) is 0 Å². The van der Waals surface area contributed by atoms with Crippen molar-refractivity contribution in [1.29, 1.82) is 5.26 Å². The minimum atomic E-state index is 0.0995. The molecule has 0 N–H and O–H groups in total. The summed E-state index contributed by atoms with van der Waals surface area (Å²) in [6, 6.07) is 2.48. The highest BCUT2D eigenvalue weighted by molar-refractivity contribution is 5.10. The molecule has 2 rings (SSSR count). The average Bonchev–Trinajstić information content (AvgIpc) is 3.41. The molecule has 2 aliphatic carbocycles. The lowest BCUT2D eigenvalue weighted by Crippen LogP contribution is -2.00. The Morgan fingerprint density at radius 2 is 1.24 bits per heavy atom. The van der Waals surface area contributed by atoms with Gasteiger partial charge in [0.25, 0.3) is 0 Å². The van der Waals surface area contributed by atoms with Crippen molar-refractivity contribution < 1.29 is 0 Å². The molecule has 0 aromatic carbocycles. The van der Waals surface area contributed by atoms with Gasteiger partial charge in [-0.1, -0.05) is 51.4 Å². The van der Waals surface area contributed by atoms with Gasteiger partial charge in [-0.15, -0.1) is 0 Å². The molecule has 21 heavy (non-hydrogen) atoms. The summed E-state index contributed by atoms with van der Waals surface area (Å²) in [7, 11) is 0. The van der Waals surface area contributed by atoms with Crippen molar-refractivity contribution in [2.24, 2.45) is 5.41 Å². The smallest absolute Gasteiger partial charge is 0.233 e. The second kappa shape index (κ2) is 7.84. The lowest BCUT2D eigenvalue weighted by atomic mass is 9.99. The van der Waals surface area contributed by atoms with Crippen molar-refractivity contribution in [1.82, 2.24) is 0 Å². The first kappa shape index (κ1) is 16.4. The molecule has 2 nitrogen and oxygen atoms in total. The van der Waals surface area contributed by atoms with E-state index in [2.05, 4.69) is 10.9 Å². The van der Waals surface area contributed by atoms with E-state index in [1.54, 1.807) is 0 Å². The molecule has 2 heteroatoms. The van der Waals surface area contributed by atoms with Crippen LogP contribution >= 0.6 is 0 Å². The van der Waals surface area contributed by atoms with Crippen molar-refractivity contribution in [3.05, 3.63) is 11.4 Å². The average molecular weight is 286 g/mol. The molecule has 0 aromatic heterocycles. The first-order valence-corrected chi connectivity index (χ1v) is 9.04. The largest absolute Gasteiger partial charge is 0.310 e. The van der Waals surface area contributed by atoms with Gasteiger partial charge in [0.15, 0.2) is 0 Å². The van der Waals surface area contributed by atoms with Gasteiger partial charge in [-0.3, -0.25) is 0 Å². The second-order valence-electron chi connectivity index (χ2n) is 7.41. The first-order valence-electron chi connectivity index (χ1n) is 9.04. The van der Waals surface area contributed by atoms with Gasteiger partial charge in [-0.05, 0) is 25.7 Å². The van der Waals surface area contributed by atoms with Crippen LogP contribution in [0.15, 0.2) is 0 Å². The third-order valence-electron chi connectivity index (χ3n) is 5.45. The maximum Gasteiger partial charge on any atom is 0.233 e.